The van der Waals surface area contributed by atoms with E-state index in [2.05, 4.69) is 73.5 Å². The molecule has 138 valence electrons. The summed E-state index contributed by atoms with van der Waals surface area (Å²) in [6.07, 6.45) is 0. The summed E-state index contributed by atoms with van der Waals surface area (Å²) in [6.45, 7) is 4.18. The van der Waals surface area contributed by atoms with E-state index < -0.39 is 5.72 Å². The van der Waals surface area contributed by atoms with Crippen molar-refractivity contribution in [3.63, 3.8) is 0 Å². The zero-order chi connectivity index (χ0) is 19.6. The summed E-state index contributed by atoms with van der Waals surface area (Å²) < 4.78 is 6.53. The zero-order valence-electron chi connectivity index (χ0n) is 16.4. The number of para-hydroxylation sites is 1. The van der Waals surface area contributed by atoms with Crippen molar-refractivity contribution >= 4 is 5.57 Å². The second-order valence-corrected chi connectivity index (χ2v) is 7.01. The SMILES string of the molecule is CN[C@@]1(c2ccccc2)Oc2ccccc2C(C#Cc2ccc(C)cc2)=C1C. The van der Waals surface area contributed by atoms with E-state index in [1.165, 1.54) is 5.56 Å². The van der Waals surface area contributed by atoms with Crippen LogP contribution in [-0.4, -0.2) is 7.05 Å². The van der Waals surface area contributed by atoms with Crippen molar-refractivity contribution in [1.82, 2.24) is 5.32 Å². The van der Waals surface area contributed by atoms with Crippen LogP contribution in [0.4, 0.5) is 0 Å². The topological polar surface area (TPSA) is 21.3 Å². The van der Waals surface area contributed by atoms with Gasteiger partial charge < -0.3 is 4.74 Å². The highest BCUT2D eigenvalue weighted by atomic mass is 16.5. The number of hydrogen-bond acceptors (Lipinski definition) is 2. The smallest absolute Gasteiger partial charge is 0.210 e. The molecular formula is C26H23NO. The molecule has 0 saturated heterocycles. The molecule has 2 heteroatoms. The number of fused-ring (bicyclic) bond motifs is 1. The maximum atomic E-state index is 6.53. The molecule has 1 atom stereocenters. The Morgan fingerprint density at radius 3 is 2.18 bits per heavy atom. The van der Waals surface area contributed by atoms with Crippen LogP contribution in [0.15, 0.2) is 84.4 Å². The quantitative estimate of drug-likeness (QED) is 0.624. The maximum absolute atomic E-state index is 6.53. The van der Waals surface area contributed by atoms with Crippen molar-refractivity contribution < 1.29 is 4.74 Å². The molecule has 28 heavy (non-hydrogen) atoms. The first-order chi connectivity index (χ1) is 13.6. The van der Waals surface area contributed by atoms with Gasteiger partial charge in [-0.15, -0.1) is 0 Å². The summed E-state index contributed by atoms with van der Waals surface area (Å²) in [5, 5.41) is 3.41. The van der Waals surface area contributed by atoms with Gasteiger partial charge in [-0.3, -0.25) is 5.32 Å². The van der Waals surface area contributed by atoms with E-state index in [1.807, 2.05) is 43.4 Å². The zero-order valence-corrected chi connectivity index (χ0v) is 16.4. The molecule has 0 amide bonds. The van der Waals surface area contributed by atoms with Gasteiger partial charge in [0.05, 0.1) is 0 Å². The molecule has 0 unspecified atom stereocenters. The van der Waals surface area contributed by atoms with Gasteiger partial charge in [0.2, 0.25) is 5.72 Å². The number of hydrogen-bond donors (Lipinski definition) is 1. The van der Waals surface area contributed by atoms with Gasteiger partial charge in [0.25, 0.3) is 0 Å². The number of rotatable bonds is 2. The number of nitrogens with one attached hydrogen (secondary N) is 1. The van der Waals surface area contributed by atoms with E-state index in [0.717, 1.165) is 33.6 Å². The lowest BCUT2D eigenvalue weighted by Gasteiger charge is -2.40. The summed E-state index contributed by atoms with van der Waals surface area (Å²) >= 11 is 0. The number of likely N-dealkylation sites (N-methyl/N-ethyl adjacent to an activating group) is 1. The molecule has 0 aliphatic carbocycles. The van der Waals surface area contributed by atoms with E-state index in [0.29, 0.717) is 0 Å². The standard InChI is InChI=1S/C26H23NO/c1-19-13-15-21(16-14-19)17-18-23-20(2)26(27-3,22-9-5-4-6-10-22)28-25-12-8-7-11-24(23)25/h4-16,27H,1-3H3/t26-/m1/s1. The number of ether oxygens (including phenoxy) is 1. The van der Waals surface area contributed by atoms with Crippen LogP contribution in [-0.2, 0) is 5.72 Å². The molecule has 2 nitrogen and oxygen atoms in total. The van der Waals surface area contributed by atoms with Crippen LogP contribution in [0.5, 0.6) is 5.75 Å². The molecule has 0 saturated carbocycles. The third-order valence-corrected chi connectivity index (χ3v) is 5.24. The number of aryl methyl sites for hydroxylation is 1. The Kier molecular flexibility index (Phi) is 4.77. The first kappa shape index (κ1) is 18.1. The van der Waals surface area contributed by atoms with Crippen LogP contribution in [0.25, 0.3) is 5.57 Å². The van der Waals surface area contributed by atoms with Crippen LogP contribution in [0.3, 0.4) is 0 Å². The summed E-state index contributed by atoms with van der Waals surface area (Å²) in [4.78, 5) is 0. The van der Waals surface area contributed by atoms with Crippen molar-refractivity contribution in [3.8, 4) is 17.6 Å². The Hall–Kier alpha value is -3.28. The van der Waals surface area contributed by atoms with Gasteiger partial charge in [0.1, 0.15) is 5.75 Å². The monoisotopic (exact) mass is 365 g/mol. The first-order valence-electron chi connectivity index (χ1n) is 9.47. The van der Waals surface area contributed by atoms with Gasteiger partial charge in [-0.25, -0.2) is 0 Å². The molecule has 1 heterocycles. The minimum atomic E-state index is -0.743. The van der Waals surface area contributed by atoms with Crippen LogP contribution >= 0.6 is 0 Å². The van der Waals surface area contributed by atoms with Crippen molar-refractivity contribution in [2.45, 2.75) is 19.6 Å². The average molecular weight is 365 g/mol. The largest absolute Gasteiger partial charge is 0.464 e. The fourth-order valence-corrected chi connectivity index (χ4v) is 3.65. The molecule has 1 aliphatic rings. The molecular weight excluding hydrogens is 342 g/mol. The second kappa shape index (κ2) is 7.38. The summed E-state index contributed by atoms with van der Waals surface area (Å²) in [5.41, 5.74) is 5.63. The summed E-state index contributed by atoms with van der Waals surface area (Å²) in [6, 6.07) is 26.6. The fraction of sp³-hybridized carbons (Fsp3) is 0.154. The van der Waals surface area contributed by atoms with Crippen molar-refractivity contribution in [1.29, 1.82) is 0 Å². The first-order valence-corrected chi connectivity index (χ1v) is 9.47. The molecule has 0 spiro atoms. The highest BCUT2D eigenvalue weighted by molar-refractivity contribution is 5.87. The highest BCUT2D eigenvalue weighted by Gasteiger charge is 2.40. The normalized spacial score (nSPS) is 18.0. The lowest BCUT2D eigenvalue weighted by Crippen LogP contribution is -2.48. The number of allylic oxidation sites excluding steroid dienone is 1. The molecule has 0 radical (unpaired) electrons. The predicted octanol–water partition coefficient (Wildman–Crippen LogP) is 5.29. The maximum Gasteiger partial charge on any atom is 0.210 e. The average Bonchev–Trinajstić information content (AvgIpc) is 2.74. The minimum Gasteiger partial charge on any atom is -0.464 e. The molecule has 0 aromatic heterocycles. The Labute approximate surface area is 166 Å². The van der Waals surface area contributed by atoms with Crippen LogP contribution < -0.4 is 10.1 Å². The van der Waals surface area contributed by atoms with Gasteiger partial charge >= 0.3 is 0 Å². The van der Waals surface area contributed by atoms with Gasteiger partial charge in [-0.1, -0.05) is 72.0 Å². The Balaban J connectivity index is 1.91. The Morgan fingerprint density at radius 1 is 0.786 bits per heavy atom. The molecule has 0 bridgehead atoms. The van der Waals surface area contributed by atoms with Gasteiger partial charge in [0, 0.05) is 27.8 Å². The molecule has 1 aliphatic heterocycles. The van der Waals surface area contributed by atoms with E-state index in [-0.39, 0.29) is 0 Å². The van der Waals surface area contributed by atoms with Crippen LogP contribution in [0.2, 0.25) is 0 Å². The van der Waals surface area contributed by atoms with Gasteiger partial charge in [0.15, 0.2) is 0 Å². The molecule has 0 fully saturated rings. The van der Waals surface area contributed by atoms with E-state index in [9.17, 15) is 0 Å². The predicted molar refractivity (Wildman–Crippen MR) is 115 cm³/mol. The highest BCUT2D eigenvalue weighted by Crippen LogP contribution is 2.44. The van der Waals surface area contributed by atoms with Crippen LogP contribution in [0.1, 0.15) is 29.2 Å². The van der Waals surface area contributed by atoms with E-state index >= 15 is 0 Å². The lowest BCUT2D eigenvalue weighted by molar-refractivity contribution is 0.0729. The van der Waals surface area contributed by atoms with Crippen molar-refractivity contribution in [2.24, 2.45) is 0 Å². The Morgan fingerprint density at radius 2 is 1.46 bits per heavy atom. The van der Waals surface area contributed by atoms with Crippen molar-refractivity contribution in [3.05, 3.63) is 107 Å². The number of benzene rings is 3. The van der Waals surface area contributed by atoms with Gasteiger partial charge in [-0.2, -0.15) is 0 Å². The van der Waals surface area contributed by atoms with E-state index in [4.69, 9.17) is 4.74 Å². The molecule has 1 N–H and O–H groups in total. The van der Waals surface area contributed by atoms with Crippen molar-refractivity contribution in [2.75, 3.05) is 7.05 Å². The summed E-state index contributed by atoms with van der Waals surface area (Å²) in [7, 11) is 1.93. The fourth-order valence-electron chi connectivity index (χ4n) is 3.65. The third kappa shape index (κ3) is 3.11. The second-order valence-electron chi connectivity index (χ2n) is 7.01. The van der Waals surface area contributed by atoms with Crippen LogP contribution in [0, 0.1) is 18.8 Å². The summed E-state index contributed by atoms with van der Waals surface area (Å²) in [5.74, 6) is 7.60. The van der Waals surface area contributed by atoms with E-state index in [1.54, 1.807) is 0 Å². The molecule has 4 rings (SSSR count). The molecule has 3 aromatic carbocycles. The third-order valence-electron chi connectivity index (χ3n) is 5.24. The van der Waals surface area contributed by atoms with Gasteiger partial charge in [-0.05, 0) is 45.2 Å². The molecule has 3 aromatic rings. The Bertz CT molecular complexity index is 1080. The lowest BCUT2D eigenvalue weighted by atomic mass is 9.86. The minimum absolute atomic E-state index is 0.743.